The first-order valence-corrected chi connectivity index (χ1v) is 10.0. The molecule has 8 heteroatoms. The lowest BCUT2D eigenvalue weighted by Gasteiger charge is -2.36. The molecular formula is C19H19F4NO2S. The second kappa shape index (κ2) is 7.59. The van der Waals surface area contributed by atoms with Crippen LogP contribution >= 0.6 is 0 Å². The molecule has 1 atom stereocenters. The smallest absolute Gasteiger partial charge is 0.217 e. The van der Waals surface area contributed by atoms with Crippen LogP contribution in [-0.2, 0) is 9.84 Å². The molecule has 0 radical (unpaired) electrons. The Balaban J connectivity index is 1.65. The van der Waals surface area contributed by atoms with E-state index in [2.05, 4.69) is 0 Å². The minimum atomic E-state index is -4.28. The van der Waals surface area contributed by atoms with Crippen LogP contribution in [0.1, 0.15) is 24.6 Å². The van der Waals surface area contributed by atoms with Gasteiger partial charge in [-0.2, -0.15) is 0 Å². The Hall–Kier alpha value is -1.93. The van der Waals surface area contributed by atoms with Gasteiger partial charge < -0.3 is 0 Å². The Morgan fingerprint density at radius 3 is 1.93 bits per heavy atom. The van der Waals surface area contributed by atoms with Gasteiger partial charge in [-0.25, -0.2) is 26.0 Å². The summed E-state index contributed by atoms with van der Waals surface area (Å²) < 4.78 is 80.6. The highest BCUT2D eigenvalue weighted by Crippen LogP contribution is 2.37. The molecule has 146 valence electrons. The van der Waals surface area contributed by atoms with Crippen LogP contribution in [0.2, 0.25) is 0 Å². The van der Waals surface area contributed by atoms with E-state index >= 15 is 4.39 Å². The van der Waals surface area contributed by atoms with Gasteiger partial charge in [0.05, 0.1) is 4.90 Å². The van der Waals surface area contributed by atoms with Crippen LogP contribution in [0.3, 0.4) is 0 Å². The van der Waals surface area contributed by atoms with Crippen molar-refractivity contribution in [1.29, 1.82) is 0 Å². The molecule has 1 saturated heterocycles. The second-order valence-electron chi connectivity index (χ2n) is 6.66. The van der Waals surface area contributed by atoms with E-state index in [1.54, 1.807) is 4.90 Å². The van der Waals surface area contributed by atoms with Gasteiger partial charge in [0.25, 0.3) is 0 Å². The third-order valence-corrected chi connectivity index (χ3v) is 7.12. The van der Waals surface area contributed by atoms with Crippen molar-refractivity contribution in [3.63, 3.8) is 0 Å². The molecule has 3 nitrogen and oxygen atoms in total. The highest BCUT2D eigenvalue weighted by Gasteiger charge is 2.47. The summed E-state index contributed by atoms with van der Waals surface area (Å²) in [5.41, 5.74) is 0.312. The van der Waals surface area contributed by atoms with E-state index in [1.165, 1.54) is 24.3 Å². The van der Waals surface area contributed by atoms with Gasteiger partial charge >= 0.3 is 0 Å². The van der Waals surface area contributed by atoms with E-state index in [0.29, 0.717) is 5.56 Å². The maximum absolute atomic E-state index is 15.2. The lowest BCUT2D eigenvalue weighted by Crippen LogP contribution is -2.47. The fraction of sp³-hybridized carbons (Fsp3) is 0.368. The Bertz CT molecular complexity index is 877. The van der Waals surface area contributed by atoms with Gasteiger partial charge in [0, 0.05) is 32.5 Å². The summed E-state index contributed by atoms with van der Waals surface area (Å²) in [6.07, 6.45) is -1.99. The molecule has 0 aromatic heterocycles. The van der Waals surface area contributed by atoms with Gasteiger partial charge in [0.2, 0.25) is 14.8 Å². The topological polar surface area (TPSA) is 37.4 Å². The number of hydrogen-bond donors (Lipinski definition) is 0. The van der Waals surface area contributed by atoms with E-state index < -0.39 is 32.6 Å². The minimum Gasteiger partial charge on any atom is -0.300 e. The number of rotatable bonds is 5. The predicted octanol–water partition coefficient (Wildman–Crippen LogP) is 4.21. The van der Waals surface area contributed by atoms with E-state index in [0.717, 1.165) is 24.3 Å². The molecule has 0 amide bonds. The number of alkyl halides is 2. The number of nitrogens with zero attached hydrogens (tertiary/aromatic N) is 1. The lowest BCUT2D eigenvalue weighted by molar-refractivity contribution is 0.0981. The molecule has 1 fully saturated rings. The average Bonchev–Trinajstić information content (AvgIpc) is 2.64. The number of likely N-dealkylation sites (tertiary alicyclic amines) is 1. The summed E-state index contributed by atoms with van der Waals surface area (Å²) in [4.78, 5) is 1.38. The van der Waals surface area contributed by atoms with Crippen LogP contribution in [0, 0.1) is 11.6 Å². The molecule has 1 unspecified atom stereocenters. The maximum atomic E-state index is 15.2. The molecule has 0 spiro atoms. The van der Waals surface area contributed by atoms with E-state index in [9.17, 15) is 21.6 Å². The van der Waals surface area contributed by atoms with Crippen LogP contribution < -0.4 is 0 Å². The third kappa shape index (κ3) is 4.16. The molecule has 1 heterocycles. The molecule has 2 aromatic carbocycles. The Morgan fingerprint density at radius 2 is 1.41 bits per heavy atom. The molecule has 2 aromatic rings. The molecule has 27 heavy (non-hydrogen) atoms. The number of halogens is 4. The quantitative estimate of drug-likeness (QED) is 0.556. The van der Waals surface area contributed by atoms with Crippen molar-refractivity contribution in [1.82, 2.24) is 4.90 Å². The zero-order chi connectivity index (χ0) is 19.7. The van der Waals surface area contributed by atoms with Crippen molar-refractivity contribution >= 4 is 9.84 Å². The van der Waals surface area contributed by atoms with Crippen LogP contribution in [0.15, 0.2) is 53.4 Å². The molecule has 0 aliphatic carbocycles. The van der Waals surface area contributed by atoms with Crippen molar-refractivity contribution in [2.45, 2.75) is 28.9 Å². The fourth-order valence-electron chi connectivity index (χ4n) is 3.17. The van der Waals surface area contributed by atoms with Crippen molar-refractivity contribution in [3.05, 3.63) is 65.7 Å². The first kappa shape index (κ1) is 19.8. The largest absolute Gasteiger partial charge is 0.300 e. The number of sulfone groups is 1. The summed E-state index contributed by atoms with van der Waals surface area (Å²) in [5.74, 6) is -1.07. The summed E-state index contributed by atoms with van der Waals surface area (Å²) in [6.45, 7) is 0.107. The van der Waals surface area contributed by atoms with Gasteiger partial charge in [0.1, 0.15) is 17.8 Å². The highest BCUT2D eigenvalue weighted by molar-refractivity contribution is 7.92. The predicted molar refractivity (Wildman–Crippen MR) is 93.3 cm³/mol. The molecule has 0 bridgehead atoms. The van der Waals surface area contributed by atoms with Crippen molar-refractivity contribution < 1.29 is 26.0 Å². The van der Waals surface area contributed by atoms with Gasteiger partial charge in [0.15, 0.2) is 0 Å². The van der Waals surface area contributed by atoms with Crippen molar-refractivity contribution in [3.8, 4) is 0 Å². The second-order valence-corrected chi connectivity index (χ2v) is 8.87. The van der Waals surface area contributed by atoms with Gasteiger partial charge in [-0.1, -0.05) is 12.1 Å². The fourth-order valence-corrected chi connectivity index (χ4v) is 4.80. The summed E-state index contributed by atoms with van der Waals surface area (Å²) in [5, 5.41) is -2.47. The zero-order valence-electron chi connectivity index (χ0n) is 14.4. The monoisotopic (exact) mass is 401 g/mol. The molecule has 1 aliphatic rings. The molecule has 1 aliphatic heterocycles. The Morgan fingerprint density at radius 1 is 0.926 bits per heavy atom. The standard InChI is InChI=1S/C19H19F4NO2S/c20-15-3-1-14(2-4-15)18(22)13-24-11-9-19(23,10-12-24)27(25,26)17-7-5-16(21)6-8-17/h1-8,18H,9-13H2. The molecule has 3 rings (SSSR count). The zero-order valence-corrected chi connectivity index (χ0v) is 15.2. The van der Waals surface area contributed by atoms with Crippen molar-refractivity contribution in [2.75, 3.05) is 19.6 Å². The van der Waals surface area contributed by atoms with Gasteiger partial charge in [-0.15, -0.1) is 0 Å². The van der Waals surface area contributed by atoms with Crippen LogP contribution in [-0.4, -0.2) is 38.0 Å². The van der Waals surface area contributed by atoms with Gasteiger partial charge in [-0.05, 0) is 42.0 Å². The summed E-state index contributed by atoms with van der Waals surface area (Å²) in [7, 11) is -4.28. The van der Waals surface area contributed by atoms with Crippen molar-refractivity contribution in [2.24, 2.45) is 0 Å². The molecule has 0 saturated carbocycles. The average molecular weight is 401 g/mol. The number of benzene rings is 2. The number of piperidine rings is 1. The summed E-state index contributed by atoms with van der Waals surface area (Å²) >= 11 is 0. The first-order valence-electron chi connectivity index (χ1n) is 8.52. The third-order valence-electron chi connectivity index (χ3n) is 4.86. The molecular weight excluding hydrogens is 382 g/mol. The maximum Gasteiger partial charge on any atom is 0.217 e. The van der Waals surface area contributed by atoms with Gasteiger partial charge in [-0.3, -0.25) is 4.90 Å². The molecule has 0 N–H and O–H groups in total. The summed E-state index contributed by atoms with van der Waals surface area (Å²) in [6, 6.07) is 9.07. The van der Waals surface area contributed by atoms with Crippen LogP contribution in [0.25, 0.3) is 0 Å². The van der Waals surface area contributed by atoms with E-state index in [-0.39, 0.29) is 37.4 Å². The van der Waals surface area contributed by atoms with E-state index in [4.69, 9.17) is 0 Å². The Labute approximate surface area is 155 Å². The lowest BCUT2D eigenvalue weighted by atomic mass is 10.1. The minimum absolute atomic E-state index is 0.0295. The SMILES string of the molecule is O=S(=O)(c1ccc(F)cc1)C1(F)CCN(CC(F)c2ccc(F)cc2)CC1. The van der Waals surface area contributed by atoms with E-state index in [1.807, 2.05) is 0 Å². The normalized spacial score (nSPS) is 19.0. The number of hydrogen-bond acceptors (Lipinski definition) is 3. The first-order chi connectivity index (χ1) is 12.7. The van der Waals surface area contributed by atoms with Crippen LogP contribution in [0.4, 0.5) is 17.6 Å². The van der Waals surface area contributed by atoms with Crippen LogP contribution in [0.5, 0.6) is 0 Å². The highest BCUT2D eigenvalue weighted by atomic mass is 32.2. The Kier molecular flexibility index (Phi) is 5.58.